The van der Waals surface area contributed by atoms with Crippen molar-refractivity contribution in [2.45, 2.75) is 102 Å². The molecular weight excluding hydrogens is 394 g/mol. The first kappa shape index (κ1) is 27.0. The van der Waals surface area contributed by atoms with Gasteiger partial charge < -0.3 is 40.3 Å². The molecule has 0 radical (unpaired) electrons. The van der Waals surface area contributed by atoms with Gasteiger partial charge in [-0.1, -0.05) is 45.3 Å². The molecule has 0 bridgehead atoms. The molecule has 0 saturated carbocycles. The van der Waals surface area contributed by atoms with Crippen molar-refractivity contribution in [3.8, 4) is 0 Å². The van der Waals surface area contributed by atoms with Crippen LogP contribution in [0.2, 0.25) is 0 Å². The van der Waals surface area contributed by atoms with E-state index < -0.39 is 49.5 Å². The van der Waals surface area contributed by atoms with Crippen LogP contribution < -0.4 is 5.32 Å². The number of allylic oxidation sites excluding steroid dienone is 1. The van der Waals surface area contributed by atoms with Gasteiger partial charge in [0.1, 0.15) is 24.4 Å². The number of aliphatic hydroxyl groups excluding tert-OH is 5. The van der Waals surface area contributed by atoms with Gasteiger partial charge >= 0.3 is 0 Å². The summed E-state index contributed by atoms with van der Waals surface area (Å²) in [5, 5.41) is 52.3. The summed E-state index contributed by atoms with van der Waals surface area (Å²) in [6, 6.07) is -0.788. The molecule has 0 aromatic carbocycles. The van der Waals surface area contributed by atoms with Gasteiger partial charge in [-0.05, 0) is 19.3 Å². The summed E-state index contributed by atoms with van der Waals surface area (Å²) < 4.78 is 10.8. The van der Waals surface area contributed by atoms with Crippen LogP contribution in [-0.4, -0.2) is 87.5 Å². The molecule has 6 N–H and O–H groups in total. The molecule has 176 valence electrons. The van der Waals surface area contributed by atoms with Gasteiger partial charge in [0.15, 0.2) is 6.29 Å². The number of hydrogen-bond donors (Lipinski definition) is 6. The number of nitrogens with one attached hydrogen (secondary N) is 1. The van der Waals surface area contributed by atoms with E-state index in [9.17, 15) is 30.3 Å². The molecule has 0 aromatic heterocycles. The SMILES string of the molecule is CCCCC/C=C/C(O)C(COC1OC(CO)C(O)C(O)C1O)NC(=O)CCCC. The van der Waals surface area contributed by atoms with Crippen molar-refractivity contribution >= 4 is 5.91 Å². The van der Waals surface area contributed by atoms with Gasteiger partial charge in [0, 0.05) is 6.42 Å². The summed E-state index contributed by atoms with van der Waals surface area (Å²) in [4.78, 5) is 12.2. The molecule has 30 heavy (non-hydrogen) atoms. The molecule has 1 aliphatic rings. The fraction of sp³-hybridized carbons (Fsp3) is 0.857. The number of rotatable bonds is 14. The average Bonchev–Trinajstić information content (AvgIpc) is 2.74. The van der Waals surface area contributed by atoms with E-state index in [1.807, 2.05) is 13.0 Å². The van der Waals surface area contributed by atoms with Gasteiger partial charge in [-0.25, -0.2) is 0 Å². The van der Waals surface area contributed by atoms with Crippen LogP contribution in [0.5, 0.6) is 0 Å². The largest absolute Gasteiger partial charge is 0.394 e. The van der Waals surface area contributed by atoms with Crippen LogP contribution in [-0.2, 0) is 14.3 Å². The van der Waals surface area contributed by atoms with Crippen LogP contribution in [0.15, 0.2) is 12.2 Å². The van der Waals surface area contributed by atoms with Crippen LogP contribution in [0, 0.1) is 0 Å². The molecule has 7 atom stereocenters. The third-order valence-corrected chi connectivity index (χ3v) is 5.11. The van der Waals surface area contributed by atoms with Crippen LogP contribution in [0.3, 0.4) is 0 Å². The normalized spacial score (nSPS) is 29.1. The Bertz CT molecular complexity index is 501. The topological polar surface area (TPSA) is 149 Å². The van der Waals surface area contributed by atoms with E-state index >= 15 is 0 Å². The lowest BCUT2D eigenvalue weighted by molar-refractivity contribution is -0.302. The molecule has 1 aliphatic heterocycles. The molecule has 1 rings (SSSR count). The van der Waals surface area contributed by atoms with E-state index in [1.54, 1.807) is 6.08 Å². The number of hydrogen-bond acceptors (Lipinski definition) is 8. The molecule has 0 aliphatic carbocycles. The summed E-state index contributed by atoms with van der Waals surface area (Å²) in [6.07, 6.45) is 1.38. The highest BCUT2D eigenvalue weighted by molar-refractivity contribution is 5.76. The molecule has 9 nitrogen and oxygen atoms in total. The minimum atomic E-state index is -1.55. The Balaban J connectivity index is 2.72. The van der Waals surface area contributed by atoms with E-state index in [2.05, 4.69) is 12.2 Å². The number of carbonyl (C=O) groups is 1. The first-order valence-corrected chi connectivity index (χ1v) is 10.9. The molecule has 1 heterocycles. The highest BCUT2D eigenvalue weighted by Gasteiger charge is 2.44. The lowest BCUT2D eigenvalue weighted by Gasteiger charge is -2.40. The Morgan fingerprint density at radius 3 is 2.43 bits per heavy atom. The number of aliphatic hydroxyl groups is 5. The number of carbonyl (C=O) groups excluding carboxylic acids is 1. The molecule has 7 unspecified atom stereocenters. The minimum Gasteiger partial charge on any atom is -0.394 e. The van der Waals surface area contributed by atoms with E-state index in [4.69, 9.17) is 9.47 Å². The Kier molecular flexibility index (Phi) is 13.3. The second kappa shape index (κ2) is 14.9. The molecular formula is C21H39NO8. The fourth-order valence-corrected chi connectivity index (χ4v) is 3.13. The van der Waals surface area contributed by atoms with Crippen molar-refractivity contribution in [2.24, 2.45) is 0 Å². The van der Waals surface area contributed by atoms with Crippen molar-refractivity contribution in [3.63, 3.8) is 0 Å². The van der Waals surface area contributed by atoms with Crippen molar-refractivity contribution in [1.29, 1.82) is 0 Å². The Hall–Kier alpha value is -1.07. The van der Waals surface area contributed by atoms with E-state index in [0.717, 1.165) is 38.5 Å². The summed E-state index contributed by atoms with van der Waals surface area (Å²) in [5.74, 6) is -0.224. The lowest BCUT2D eigenvalue weighted by atomic mass is 9.99. The maximum atomic E-state index is 12.2. The quantitative estimate of drug-likeness (QED) is 0.165. The monoisotopic (exact) mass is 433 g/mol. The van der Waals surface area contributed by atoms with E-state index in [0.29, 0.717) is 6.42 Å². The number of amides is 1. The third-order valence-electron chi connectivity index (χ3n) is 5.11. The van der Waals surface area contributed by atoms with Gasteiger partial charge in [0.2, 0.25) is 5.91 Å². The minimum absolute atomic E-state index is 0.193. The number of ether oxygens (including phenoxy) is 2. The van der Waals surface area contributed by atoms with Crippen molar-refractivity contribution in [2.75, 3.05) is 13.2 Å². The van der Waals surface area contributed by atoms with Gasteiger partial charge in [-0.15, -0.1) is 0 Å². The Morgan fingerprint density at radius 1 is 1.10 bits per heavy atom. The Morgan fingerprint density at radius 2 is 1.80 bits per heavy atom. The molecule has 1 amide bonds. The standard InChI is InChI=1S/C21H39NO8/c1-3-5-7-8-9-10-15(24)14(22-17(25)11-6-4-2)13-29-21-20(28)19(27)18(26)16(12-23)30-21/h9-10,14-16,18-21,23-24,26-28H,3-8,11-13H2,1-2H3,(H,22,25)/b10-9+. The molecule has 1 saturated heterocycles. The Labute approximate surface area is 178 Å². The maximum absolute atomic E-state index is 12.2. The van der Waals surface area contributed by atoms with Crippen molar-refractivity contribution < 1.29 is 39.8 Å². The van der Waals surface area contributed by atoms with Crippen LogP contribution in [0.25, 0.3) is 0 Å². The van der Waals surface area contributed by atoms with Crippen LogP contribution >= 0.6 is 0 Å². The summed E-state index contributed by atoms with van der Waals surface area (Å²) in [6.45, 7) is 3.32. The fourth-order valence-electron chi connectivity index (χ4n) is 3.13. The predicted molar refractivity (Wildman–Crippen MR) is 110 cm³/mol. The van der Waals surface area contributed by atoms with Gasteiger partial charge in [-0.2, -0.15) is 0 Å². The van der Waals surface area contributed by atoms with E-state index in [1.165, 1.54) is 0 Å². The third kappa shape index (κ3) is 8.97. The average molecular weight is 434 g/mol. The molecule has 0 spiro atoms. The van der Waals surface area contributed by atoms with Crippen LogP contribution in [0.4, 0.5) is 0 Å². The van der Waals surface area contributed by atoms with Gasteiger partial charge in [0.25, 0.3) is 0 Å². The first-order chi connectivity index (χ1) is 14.3. The van der Waals surface area contributed by atoms with Crippen molar-refractivity contribution in [1.82, 2.24) is 5.32 Å². The summed E-state index contributed by atoms with van der Waals surface area (Å²) in [5.41, 5.74) is 0. The second-order valence-electron chi connectivity index (χ2n) is 7.72. The van der Waals surface area contributed by atoms with Gasteiger partial charge in [0.05, 0.1) is 25.4 Å². The van der Waals surface area contributed by atoms with Crippen LogP contribution in [0.1, 0.15) is 58.8 Å². The molecule has 1 fully saturated rings. The second-order valence-corrected chi connectivity index (χ2v) is 7.72. The number of unbranched alkanes of at least 4 members (excludes halogenated alkanes) is 4. The summed E-state index contributed by atoms with van der Waals surface area (Å²) in [7, 11) is 0. The van der Waals surface area contributed by atoms with Gasteiger partial charge in [-0.3, -0.25) is 4.79 Å². The first-order valence-electron chi connectivity index (χ1n) is 10.9. The highest BCUT2D eigenvalue weighted by Crippen LogP contribution is 2.22. The zero-order valence-electron chi connectivity index (χ0n) is 18.0. The smallest absolute Gasteiger partial charge is 0.220 e. The van der Waals surface area contributed by atoms with Crippen molar-refractivity contribution in [3.05, 3.63) is 12.2 Å². The predicted octanol–water partition coefficient (Wildman–Crippen LogP) is -0.0247. The lowest BCUT2D eigenvalue weighted by Crippen LogP contribution is -2.60. The zero-order valence-corrected chi connectivity index (χ0v) is 18.0. The summed E-state index contributed by atoms with van der Waals surface area (Å²) >= 11 is 0. The highest BCUT2D eigenvalue weighted by atomic mass is 16.7. The van der Waals surface area contributed by atoms with E-state index in [-0.39, 0.29) is 12.5 Å². The molecule has 0 aromatic rings. The molecule has 9 heteroatoms. The zero-order chi connectivity index (χ0) is 22.5. The maximum Gasteiger partial charge on any atom is 0.220 e.